The summed E-state index contributed by atoms with van der Waals surface area (Å²) in [5, 5.41) is 12.8. The highest BCUT2D eigenvalue weighted by molar-refractivity contribution is 5.87. The van der Waals surface area contributed by atoms with E-state index in [1.54, 1.807) is 0 Å². The first-order chi connectivity index (χ1) is 14.4. The molecule has 1 atom stereocenters. The van der Waals surface area contributed by atoms with Crippen molar-refractivity contribution in [2.45, 2.75) is 32.0 Å². The molecule has 5 heteroatoms. The minimum Gasteiger partial charge on any atom is -0.491 e. The van der Waals surface area contributed by atoms with Crippen LogP contribution in [0.15, 0.2) is 42.5 Å². The first-order valence-electron chi connectivity index (χ1n) is 11.0. The predicted molar refractivity (Wildman–Crippen MR) is 122 cm³/mol. The van der Waals surface area contributed by atoms with Gasteiger partial charge in [0.1, 0.15) is 18.5 Å². The number of ether oxygens (including phenoxy) is 2. The molecule has 2 aliphatic heterocycles. The van der Waals surface area contributed by atoms with Crippen LogP contribution in [0.25, 0.3) is 16.3 Å². The van der Waals surface area contributed by atoms with E-state index in [1.807, 2.05) is 6.07 Å². The number of morpholine rings is 1. The third kappa shape index (κ3) is 5.41. The number of rotatable bonds is 6. The van der Waals surface area contributed by atoms with Gasteiger partial charge in [-0.2, -0.15) is 0 Å². The molecule has 0 amide bonds. The van der Waals surface area contributed by atoms with Crippen molar-refractivity contribution < 1.29 is 14.6 Å². The fourth-order valence-electron chi connectivity index (χ4n) is 4.36. The standard InChI is InChI=1S/C25H34N2O3/c1-25(2)18-27(12-13-30-25)16-23(28)17-29-24-7-6-19-4-5-21(14-22(19)15-24)20-8-10-26(3)11-9-20/h4-8,14-15,23,28H,9-13,16-18H2,1-3H3. The number of hydrogen-bond acceptors (Lipinski definition) is 5. The minimum absolute atomic E-state index is 0.155. The van der Waals surface area contributed by atoms with Crippen LogP contribution < -0.4 is 4.74 Å². The number of aliphatic hydroxyl groups excluding tert-OH is 1. The van der Waals surface area contributed by atoms with Gasteiger partial charge in [-0.1, -0.05) is 24.3 Å². The molecule has 0 bridgehead atoms. The van der Waals surface area contributed by atoms with Crippen LogP contribution in [0.5, 0.6) is 5.75 Å². The summed E-state index contributed by atoms with van der Waals surface area (Å²) in [7, 11) is 2.16. The topological polar surface area (TPSA) is 45.2 Å². The Morgan fingerprint density at radius 2 is 1.97 bits per heavy atom. The van der Waals surface area contributed by atoms with E-state index in [0.717, 1.165) is 38.3 Å². The van der Waals surface area contributed by atoms with Gasteiger partial charge in [0, 0.05) is 32.7 Å². The smallest absolute Gasteiger partial charge is 0.120 e. The first-order valence-corrected chi connectivity index (χ1v) is 11.0. The summed E-state index contributed by atoms with van der Waals surface area (Å²) < 4.78 is 11.7. The fraction of sp³-hybridized carbons (Fsp3) is 0.520. The average Bonchev–Trinajstić information content (AvgIpc) is 2.71. The maximum absolute atomic E-state index is 10.5. The van der Waals surface area contributed by atoms with Crippen molar-refractivity contribution in [2.24, 2.45) is 0 Å². The van der Waals surface area contributed by atoms with E-state index in [0.29, 0.717) is 19.8 Å². The van der Waals surface area contributed by atoms with Gasteiger partial charge in [-0.25, -0.2) is 0 Å². The summed E-state index contributed by atoms with van der Waals surface area (Å²) in [5.74, 6) is 0.804. The molecule has 0 aliphatic carbocycles. The van der Waals surface area contributed by atoms with Crippen LogP contribution in [-0.4, -0.2) is 79.6 Å². The van der Waals surface area contributed by atoms with Gasteiger partial charge in [-0.15, -0.1) is 0 Å². The maximum Gasteiger partial charge on any atom is 0.120 e. The highest BCUT2D eigenvalue weighted by atomic mass is 16.5. The quantitative estimate of drug-likeness (QED) is 0.791. The largest absolute Gasteiger partial charge is 0.491 e. The van der Waals surface area contributed by atoms with E-state index in [1.165, 1.54) is 21.9 Å². The van der Waals surface area contributed by atoms with E-state index in [2.05, 4.69) is 67.1 Å². The number of aliphatic hydroxyl groups is 1. The Morgan fingerprint density at radius 3 is 2.73 bits per heavy atom. The third-order valence-electron chi connectivity index (χ3n) is 6.01. The summed E-state index contributed by atoms with van der Waals surface area (Å²) in [5.41, 5.74) is 2.56. The first kappa shape index (κ1) is 21.3. The number of likely N-dealkylation sites (N-methyl/N-ethyl adjacent to an activating group) is 1. The summed E-state index contributed by atoms with van der Waals surface area (Å²) in [4.78, 5) is 4.58. The number of hydrogen-bond donors (Lipinski definition) is 1. The van der Waals surface area contributed by atoms with Crippen LogP contribution in [0.1, 0.15) is 25.8 Å². The lowest BCUT2D eigenvalue weighted by Gasteiger charge is -2.38. The molecular formula is C25H34N2O3. The molecule has 2 aromatic carbocycles. The molecule has 2 heterocycles. The second kappa shape index (κ2) is 9.06. The molecule has 2 aromatic rings. The predicted octanol–water partition coefficient (Wildman–Crippen LogP) is 3.41. The van der Waals surface area contributed by atoms with Crippen molar-refractivity contribution in [1.82, 2.24) is 9.80 Å². The number of nitrogens with zero attached hydrogens (tertiary/aromatic N) is 2. The van der Waals surface area contributed by atoms with Gasteiger partial charge < -0.3 is 19.5 Å². The normalized spacial score (nSPS) is 21.4. The van der Waals surface area contributed by atoms with E-state index in [9.17, 15) is 5.11 Å². The molecule has 1 unspecified atom stereocenters. The number of benzene rings is 2. The van der Waals surface area contributed by atoms with Crippen LogP contribution >= 0.6 is 0 Å². The Labute approximate surface area is 179 Å². The van der Waals surface area contributed by atoms with Gasteiger partial charge in [0.15, 0.2) is 0 Å². The Morgan fingerprint density at radius 1 is 1.13 bits per heavy atom. The van der Waals surface area contributed by atoms with Crippen LogP contribution in [0, 0.1) is 0 Å². The van der Waals surface area contributed by atoms with Gasteiger partial charge in [0.05, 0.1) is 12.2 Å². The second-order valence-corrected chi connectivity index (χ2v) is 9.27. The molecule has 162 valence electrons. The Balaban J connectivity index is 1.38. The molecule has 0 radical (unpaired) electrons. The minimum atomic E-state index is -0.523. The molecule has 1 fully saturated rings. The number of fused-ring (bicyclic) bond motifs is 1. The Bertz CT molecular complexity index is 908. The molecule has 0 aromatic heterocycles. The maximum atomic E-state index is 10.5. The van der Waals surface area contributed by atoms with Gasteiger partial charge in [-0.05, 0) is 67.4 Å². The lowest BCUT2D eigenvalue weighted by atomic mass is 9.97. The molecule has 2 aliphatic rings. The van der Waals surface area contributed by atoms with Crippen molar-refractivity contribution in [1.29, 1.82) is 0 Å². The van der Waals surface area contributed by atoms with Crippen molar-refractivity contribution in [3.05, 3.63) is 48.0 Å². The highest BCUT2D eigenvalue weighted by Gasteiger charge is 2.28. The van der Waals surface area contributed by atoms with E-state index in [-0.39, 0.29) is 5.60 Å². The molecule has 1 saturated heterocycles. The zero-order valence-electron chi connectivity index (χ0n) is 18.4. The van der Waals surface area contributed by atoms with Crippen molar-refractivity contribution in [3.8, 4) is 5.75 Å². The summed E-state index contributed by atoms with van der Waals surface area (Å²) >= 11 is 0. The molecule has 1 N–H and O–H groups in total. The SMILES string of the molecule is CN1CC=C(c2ccc3ccc(OCC(O)CN4CCOC(C)(C)C4)cc3c2)CC1. The van der Waals surface area contributed by atoms with Crippen LogP contribution in [0.2, 0.25) is 0 Å². The van der Waals surface area contributed by atoms with Crippen LogP contribution in [0.4, 0.5) is 0 Å². The number of β-amino-alcohol motifs (C(OH)–C–C–N with tert-alkyl or cyclic N) is 1. The van der Waals surface area contributed by atoms with Crippen molar-refractivity contribution in [2.75, 3.05) is 53.0 Å². The average molecular weight is 411 g/mol. The molecule has 0 spiro atoms. The van der Waals surface area contributed by atoms with Gasteiger partial charge >= 0.3 is 0 Å². The van der Waals surface area contributed by atoms with Crippen molar-refractivity contribution in [3.63, 3.8) is 0 Å². The van der Waals surface area contributed by atoms with Gasteiger partial charge in [0.2, 0.25) is 0 Å². The monoisotopic (exact) mass is 410 g/mol. The highest BCUT2D eigenvalue weighted by Crippen LogP contribution is 2.28. The third-order valence-corrected chi connectivity index (χ3v) is 6.01. The zero-order valence-corrected chi connectivity index (χ0v) is 18.4. The summed E-state index contributed by atoms with van der Waals surface area (Å²) in [6, 6.07) is 12.8. The van der Waals surface area contributed by atoms with E-state index >= 15 is 0 Å². The zero-order chi connectivity index (χ0) is 21.1. The summed E-state index contributed by atoms with van der Waals surface area (Å²) in [6.07, 6.45) is 2.89. The van der Waals surface area contributed by atoms with Crippen molar-refractivity contribution >= 4 is 16.3 Å². The van der Waals surface area contributed by atoms with E-state index in [4.69, 9.17) is 9.47 Å². The molecule has 4 rings (SSSR count). The molecular weight excluding hydrogens is 376 g/mol. The van der Waals surface area contributed by atoms with Crippen LogP contribution in [0.3, 0.4) is 0 Å². The lowest BCUT2D eigenvalue weighted by Crippen LogP contribution is -2.50. The van der Waals surface area contributed by atoms with Gasteiger partial charge in [0.25, 0.3) is 0 Å². The fourth-order valence-corrected chi connectivity index (χ4v) is 4.36. The Hall–Kier alpha value is -1.92. The van der Waals surface area contributed by atoms with Gasteiger partial charge in [-0.3, -0.25) is 4.90 Å². The van der Waals surface area contributed by atoms with E-state index < -0.39 is 6.10 Å². The Kier molecular flexibility index (Phi) is 6.44. The molecule has 30 heavy (non-hydrogen) atoms. The van der Waals surface area contributed by atoms with Crippen LogP contribution in [-0.2, 0) is 4.74 Å². The summed E-state index contributed by atoms with van der Waals surface area (Å²) in [6.45, 7) is 9.58. The molecule has 0 saturated carbocycles. The molecule has 5 nitrogen and oxygen atoms in total. The lowest BCUT2D eigenvalue weighted by molar-refractivity contribution is -0.0947. The second-order valence-electron chi connectivity index (χ2n) is 9.27.